The summed E-state index contributed by atoms with van der Waals surface area (Å²) >= 11 is 0. The number of rotatable bonds is 0. The molecule has 0 saturated heterocycles. The monoisotopic (exact) mass is 309 g/mol. The zero-order chi connectivity index (χ0) is 16.4. The molecule has 0 bridgehead atoms. The van der Waals surface area contributed by atoms with Crippen LogP contribution < -0.4 is 10.9 Å². The summed E-state index contributed by atoms with van der Waals surface area (Å²) in [6, 6.07) is 8.15. The Morgan fingerprint density at radius 3 is 2.65 bits per heavy atom. The fourth-order valence-corrected chi connectivity index (χ4v) is 3.50. The van der Waals surface area contributed by atoms with Crippen molar-refractivity contribution >= 4 is 33.0 Å². The van der Waals surface area contributed by atoms with Crippen molar-refractivity contribution in [3.05, 3.63) is 58.2 Å². The summed E-state index contributed by atoms with van der Waals surface area (Å²) < 4.78 is 18.8. The minimum Gasteiger partial charge on any atom is -0.422 e. The zero-order valence-corrected chi connectivity index (χ0v) is 13.2. The molecule has 1 aliphatic rings. The normalized spacial score (nSPS) is 16.1. The fraction of sp³-hybridized carbons (Fsp3) is 0.211. The number of hydrogen-bond acceptors (Lipinski definition) is 3. The van der Waals surface area contributed by atoms with Crippen LogP contribution in [-0.4, -0.2) is 5.54 Å². The van der Waals surface area contributed by atoms with Gasteiger partial charge in [0.2, 0.25) is 0 Å². The minimum atomic E-state index is -0.441. The molecule has 2 heterocycles. The van der Waals surface area contributed by atoms with Crippen molar-refractivity contribution < 1.29 is 8.81 Å². The van der Waals surface area contributed by atoms with Gasteiger partial charge in [0.15, 0.2) is 0 Å². The molecule has 23 heavy (non-hydrogen) atoms. The van der Waals surface area contributed by atoms with Gasteiger partial charge in [0.1, 0.15) is 11.4 Å². The number of benzene rings is 2. The van der Waals surface area contributed by atoms with Gasteiger partial charge in [0.25, 0.3) is 0 Å². The molecule has 4 rings (SSSR count). The first kappa shape index (κ1) is 14.0. The highest BCUT2D eigenvalue weighted by Crippen LogP contribution is 2.38. The lowest BCUT2D eigenvalue weighted by atomic mass is 9.88. The Morgan fingerprint density at radius 1 is 1.13 bits per heavy atom. The summed E-state index contributed by atoms with van der Waals surface area (Å²) in [6.45, 7) is 6.15. The van der Waals surface area contributed by atoms with Crippen molar-refractivity contribution in [3.63, 3.8) is 0 Å². The van der Waals surface area contributed by atoms with Crippen molar-refractivity contribution in [2.45, 2.75) is 26.3 Å². The van der Waals surface area contributed by atoms with Gasteiger partial charge in [-0.25, -0.2) is 9.18 Å². The average Bonchev–Trinajstić information content (AvgIpc) is 2.45. The fourth-order valence-electron chi connectivity index (χ4n) is 3.50. The van der Waals surface area contributed by atoms with Crippen molar-refractivity contribution in [3.8, 4) is 0 Å². The maximum absolute atomic E-state index is 13.4. The Balaban J connectivity index is 2.18. The Kier molecular flexibility index (Phi) is 2.71. The average molecular weight is 309 g/mol. The van der Waals surface area contributed by atoms with Crippen LogP contribution in [0.15, 0.2) is 45.6 Å². The summed E-state index contributed by atoms with van der Waals surface area (Å²) in [6.07, 6.45) is 2.10. The zero-order valence-electron chi connectivity index (χ0n) is 13.2. The standard InChI is InChI=1S/C19H16FNO2/c1-10-9-19(2,3)21-14-7-6-13-12-5-4-11(20)8-15(12)23-18(22)17(13)16(10)14/h4-9,21H,1-3H3. The highest BCUT2D eigenvalue weighted by atomic mass is 19.1. The van der Waals surface area contributed by atoms with Crippen LogP contribution in [0.1, 0.15) is 26.3 Å². The summed E-state index contributed by atoms with van der Waals surface area (Å²) in [5, 5.41) is 5.49. The first-order chi connectivity index (χ1) is 10.9. The van der Waals surface area contributed by atoms with E-state index in [2.05, 4.69) is 25.2 Å². The van der Waals surface area contributed by atoms with Crippen molar-refractivity contribution in [1.82, 2.24) is 0 Å². The molecule has 4 heteroatoms. The Bertz CT molecular complexity index is 1060. The van der Waals surface area contributed by atoms with Gasteiger partial charge in [-0.3, -0.25) is 0 Å². The van der Waals surface area contributed by atoms with Gasteiger partial charge in [-0.15, -0.1) is 0 Å². The number of allylic oxidation sites excluding steroid dienone is 1. The van der Waals surface area contributed by atoms with E-state index in [0.29, 0.717) is 5.39 Å². The first-order valence-corrected chi connectivity index (χ1v) is 7.53. The van der Waals surface area contributed by atoms with Crippen molar-refractivity contribution in [2.75, 3.05) is 5.32 Å². The topological polar surface area (TPSA) is 42.2 Å². The molecule has 1 aliphatic heterocycles. The molecule has 3 nitrogen and oxygen atoms in total. The SMILES string of the molecule is CC1=CC(C)(C)Nc2ccc3c(c21)c(=O)oc1cc(F)ccc13. The number of fused-ring (bicyclic) bond motifs is 5. The highest BCUT2D eigenvalue weighted by Gasteiger charge is 2.25. The van der Waals surface area contributed by atoms with E-state index in [1.54, 1.807) is 6.07 Å². The molecule has 1 N–H and O–H groups in total. The van der Waals surface area contributed by atoms with Crippen molar-refractivity contribution in [1.29, 1.82) is 0 Å². The van der Waals surface area contributed by atoms with Crippen LogP contribution >= 0.6 is 0 Å². The van der Waals surface area contributed by atoms with E-state index in [4.69, 9.17) is 4.42 Å². The van der Waals surface area contributed by atoms with Crippen LogP contribution in [0.3, 0.4) is 0 Å². The van der Waals surface area contributed by atoms with Crippen LogP contribution in [0.4, 0.5) is 10.1 Å². The molecule has 0 unspecified atom stereocenters. The van der Waals surface area contributed by atoms with E-state index in [-0.39, 0.29) is 11.1 Å². The lowest BCUT2D eigenvalue weighted by molar-refractivity contribution is 0.561. The molecule has 1 aromatic heterocycles. The summed E-state index contributed by atoms with van der Waals surface area (Å²) in [4.78, 5) is 12.5. The maximum Gasteiger partial charge on any atom is 0.344 e. The molecular formula is C19H16FNO2. The van der Waals surface area contributed by atoms with E-state index in [1.165, 1.54) is 12.1 Å². The molecule has 3 aromatic rings. The molecule has 0 amide bonds. The van der Waals surface area contributed by atoms with Crippen LogP contribution in [0.25, 0.3) is 27.3 Å². The molecule has 0 saturated carbocycles. The Hall–Kier alpha value is -2.62. The minimum absolute atomic E-state index is 0.176. The molecule has 0 fully saturated rings. The summed E-state index contributed by atoms with van der Waals surface area (Å²) in [5.74, 6) is -0.419. The second-order valence-corrected chi connectivity index (χ2v) is 6.61. The third-order valence-electron chi connectivity index (χ3n) is 4.27. The largest absolute Gasteiger partial charge is 0.422 e. The van der Waals surface area contributed by atoms with E-state index >= 15 is 0 Å². The number of hydrogen-bond donors (Lipinski definition) is 1. The Labute approximate surface area is 132 Å². The lowest BCUT2D eigenvalue weighted by Crippen LogP contribution is -2.31. The molecule has 0 radical (unpaired) electrons. The summed E-state index contributed by atoms with van der Waals surface area (Å²) in [7, 11) is 0. The molecule has 2 aromatic carbocycles. The molecule has 0 spiro atoms. The van der Waals surface area contributed by atoms with Gasteiger partial charge in [-0.2, -0.15) is 0 Å². The first-order valence-electron chi connectivity index (χ1n) is 7.53. The van der Waals surface area contributed by atoms with E-state index in [1.807, 2.05) is 19.1 Å². The number of anilines is 1. The maximum atomic E-state index is 13.4. The van der Waals surface area contributed by atoms with Gasteiger partial charge in [-0.1, -0.05) is 12.1 Å². The van der Waals surface area contributed by atoms with Gasteiger partial charge >= 0.3 is 5.63 Å². The van der Waals surface area contributed by atoms with Crippen LogP contribution in [-0.2, 0) is 0 Å². The second kappa shape index (κ2) is 4.44. The van der Waals surface area contributed by atoms with Gasteiger partial charge in [0.05, 0.1) is 10.9 Å². The molecule has 116 valence electrons. The van der Waals surface area contributed by atoms with E-state index < -0.39 is 11.4 Å². The molecular weight excluding hydrogens is 293 g/mol. The summed E-state index contributed by atoms with van der Waals surface area (Å²) in [5.41, 5.74) is 2.46. The third-order valence-corrected chi connectivity index (χ3v) is 4.27. The molecule has 0 aliphatic carbocycles. The van der Waals surface area contributed by atoms with E-state index in [0.717, 1.165) is 27.6 Å². The van der Waals surface area contributed by atoms with Crippen LogP contribution in [0.2, 0.25) is 0 Å². The predicted molar refractivity (Wildman–Crippen MR) is 91.3 cm³/mol. The third kappa shape index (κ3) is 2.05. The Morgan fingerprint density at radius 2 is 1.87 bits per heavy atom. The van der Waals surface area contributed by atoms with Crippen molar-refractivity contribution in [2.24, 2.45) is 0 Å². The van der Waals surface area contributed by atoms with Crippen LogP contribution in [0, 0.1) is 5.82 Å². The van der Waals surface area contributed by atoms with Gasteiger partial charge in [-0.05, 0) is 44.5 Å². The second-order valence-electron chi connectivity index (χ2n) is 6.61. The quantitative estimate of drug-likeness (QED) is 0.484. The molecule has 0 atom stereocenters. The lowest BCUT2D eigenvalue weighted by Gasteiger charge is -2.31. The smallest absolute Gasteiger partial charge is 0.344 e. The van der Waals surface area contributed by atoms with Gasteiger partial charge in [0, 0.05) is 28.1 Å². The number of halogens is 1. The number of nitrogens with one attached hydrogen (secondary N) is 1. The van der Waals surface area contributed by atoms with E-state index in [9.17, 15) is 9.18 Å². The predicted octanol–water partition coefficient (Wildman–Crippen LogP) is 4.69. The van der Waals surface area contributed by atoms with Crippen LogP contribution in [0.5, 0.6) is 0 Å². The highest BCUT2D eigenvalue weighted by molar-refractivity contribution is 6.10. The van der Waals surface area contributed by atoms with Gasteiger partial charge < -0.3 is 9.73 Å².